The zero-order valence-corrected chi connectivity index (χ0v) is 12.1. The van der Waals surface area contributed by atoms with Crippen molar-refractivity contribution in [2.75, 3.05) is 13.1 Å². The van der Waals surface area contributed by atoms with Crippen LogP contribution in [0.5, 0.6) is 0 Å². The Labute approximate surface area is 117 Å². The average molecular weight is 281 g/mol. The summed E-state index contributed by atoms with van der Waals surface area (Å²) in [7, 11) is 0. The number of nitrogens with zero attached hydrogens (tertiary/aromatic N) is 1. The molecule has 1 unspecified atom stereocenters. The number of hydrogen-bond acceptors (Lipinski definition) is 3. The quantitative estimate of drug-likeness (QED) is 0.922. The highest BCUT2D eigenvalue weighted by molar-refractivity contribution is 7.14. The predicted octanol–water partition coefficient (Wildman–Crippen LogP) is 2.42. The standard InChI is InChI=1S/C14H19NO3S/c1-3-15(4-2)13(16)12-8-10-7-9(14(17)18)5-6-11(10)19-12/h8-9H,3-7H2,1-2H3,(H,17,18). The van der Waals surface area contributed by atoms with E-state index in [1.54, 1.807) is 4.90 Å². The van der Waals surface area contributed by atoms with Crippen LogP contribution in [0.1, 0.15) is 40.4 Å². The first-order valence-corrected chi connectivity index (χ1v) is 7.52. The highest BCUT2D eigenvalue weighted by atomic mass is 32.1. The van der Waals surface area contributed by atoms with Gasteiger partial charge in [0.05, 0.1) is 10.8 Å². The summed E-state index contributed by atoms with van der Waals surface area (Å²) in [4.78, 5) is 27.0. The number of amides is 1. The van der Waals surface area contributed by atoms with E-state index in [9.17, 15) is 9.59 Å². The molecule has 0 fully saturated rings. The Morgan fingerprint density at radius 3 is 2.68 bits per heavy atom. The summed E-state index contributed by atoms with van der Waals surface area (Å²) in [6.07, 6.45) is 2.02. The maximum absolute atomic E-state index is 12.3. The van der Waals surface area contributed by atoms with E-state index in [-0.39, 0.29) is 11.8 Å². The Kier molecular flexibility index (Phi) is 4.24. The summed E-state index contributed by atoms with van der Waals surface area (Å²) in [5, 5.41) is 9.07. The number of rotatable bonds is 4. The minimum absolute atomic E-state index is 0.0660. The number of thiophene rings is 1. The van der Waals surface area contributed by atoms with E-state index in [2.05, 4.69) is 0 Å². The zero-order chi connectivity index (χ0) is 14.0. The molecular formula is C14H19NO3S. The average Bonchev–Trinajstić information content (AvgIpc) is 2.82. The molecule has 0 bridgehead atoms. The monoisotopic (exact) mass is 281 g/mol. The van der Waals surface area contributed by atoms with E-state index in [0.717, 1.165) is 16.9 Å². The second kappa shape index (κ2) is 5.74. The van der Waals surface area contributed by atoms with E-state index in [4.69, 9.17) is 5.11 Å². The Balaban J connectivity index is 2.19. The summed E-state index contributed by atoms with van der Waals surface area (Å²) in [6.45, 7) is 5.34. The molecule has 2 rings (SSSR count). The van der Waals surface area contributed by atoms with Crippen LogP contribution < -0.4 is 0 Å². The lowest BCUT2D eigenvalue weighted by Crippen LogP contribution is -2.29. The summed E-state index contributed by atoms with van der Waals surface area (Å²) in [6, 6.07) is 1.90. The van der Waals surface area contributed by atoms with Gasteiger partial charge in [-0.2, -0.15) is 0 Å². The molecule has 0 aliphatic heterocycles. The third kappa shape index (κ3) is 2.81. The highest BCUT2D eigenvalue weighted by Gasteiger charge is 2.27. The smallest absolute Gasteiger partial charge is 0.306 e. The molecule has 1 aliphatic rings. The minimum atomic E-state index is -0.728. The van der Waals surface area contributed by atoms with Gasteiger partial charge in [-0.1, -0.05) is 0 Å². The van der Waals surface area contributed by atoms with Gasteiger partial charge in [0, 0.05) is 18.0 Å². The fourth-order valence-electron chi connectivity index (χ4n) is 2.51. The summed E-state index contributed by atoms with van der Waals surface area (Å²) < 4.78 is 0. The van der Waals surface area contributed by atoms with Crippen molar-refractivity contribution in [3.8, 4) is 0 Å². The second-order valence-corrected chi connectivity index (χ2v) is 5.95. The van der Waals surface area contributed by atoms with Crippen LogP contribution in [-0.4, -0.2) is 35.0 Å². The molecule has 104 valence electrons. The van der Waals surface area contributed by atoms with Crippen LogP contribution in [0.25, 0.3) is 0 Å². The Bertz CT molecular complexity index is 491. The molecule has 1 atom stereocenters. The maximum Gasteiger partial charge on any atom is 0.306 e. The van der Waals surface area contributed by atoms with Crippen LogP contribution in [0.15, 0.2) is 6.07 Å². The number of aliphatic carboxylic acids is 1. The molecule has 1 amide bonds. The van der Waals surface area contributed by atoms with Gasteiger partial charge < -0.3 is 10.0 Å². The van der Waals surface area contributed by atoms with Crippen molar-refractivity contribution in [1.82, 2.24) is 4.90 Å². The van der Waals surface area contributed by atoms with Crippen molar-refractivity contribution < 1.29 is 14.7 Å². The molecule has 0 spiro atoms. The molecule has 1 heterocycles. The Morgan fingerprint density at radius 2 is 2.11 bits per heavy atom. The van der Waals surface area contributed by atoms with Crippen LogP contribution in [0.2, 0.25) is 0 Å². The maximum atomic E-state index is 12.3. The number of carboxylic acid groups (broad SMARTS) is 1. The van der Waals surface area contributed by atoms with Crippen molar-refractivity contribution >= 4 is 23.2 Å². The van der Waals surface area contributed by atoms with Gasteiger partial charge in [-0.05, 0) is 44.7 Å². The van der Waals surface area contributed by atoms with E-state index in [1.807, 2.05) is 19.9 Å². The van der Waals surface area contributed by atoms with Crippen LogP contribution in [0, 0.1) is 5.92 Å². The number of fused-ring (bicyclic) bond motifs is 1. The van der Waals surface area contributed by atoms with Crippen molar-refractivity contribution in [3.05, 3.63) is 21.4 Å². The number of carbonyl (C=O) groups excluding carboxylic acids is 1. The fourth-order valence-corrected chi connectivity index (χ4v) is 3.68. The molecule has 1 aromatic heterocycles. The largest absolute Gasteiger partial charge is 0.481 e. The van der Waals surface area contributed by atoms with Crippen LogP contribution >= 0.6 is 11.3 Å². The Hall–Kier alpha value is -1.36. The van der Waals surface area contributed by atoms with Gasteiger partial charge in [0.15, 0.2) is 0 Å². The minimum Gasteiger partial charge on any atom is -0.481 e. The van der Waals surface area contributed by atoms with E-state index in [0.29, 0.717) is 25.9 Å². The van der Waals surface area contributed by atoms with Gasteiger partial charge in [-0.3, -0.25) is 9.59 Å². The molecule has 4 nitrogen and oxygen atoms in total. The third-order valence-electron chi connectivity index (χ3n) is 3.69. The Morgan fingerprint density at radius 1 is 1.42 bits per heavy atom. The molecule has 1 aromatic rings. The number of aryl methyl sites for hydroxylation is 1. The van der Waals surface area contributed by atoms with E-state index >= 15 is 0 Å². The molecule has 0 aromatic carbocycles. The third-order valence-corrected chi connectivity index (χ3v) is 4.92. The van der Waals surface area contributed by atoms with Crippen molar-refractivity contribution in [1.29, 1.82) is 0 Å². The van der Waals surface area contributed by atoms with Crippen molar-refractivity contribution in [2.24, 2.45) is 5.92 Å². The molecule has 5 heteroatoms. The summed E-state index contributed by atoms with van der Waals surface area (Å²) in [5.74, 6) is -0.955. The molecule has 0 saturated heterocycles. The zero-order valence-electron chi connectivity index (χ0n) is 11.3. The van der Waals surface area contributed by atoms with Gasteiger partial charge in [-0.15, -0.1) is 11.3 Å². The van der Waals surface area contributed by atoms with Crippen molar-refractivity contribution in [2.45, 2.75) is 33.1 Å². The van der Waals surface area contributed by atoms with Crippen LogP contribution in [-0.2, 0) is 17.6 Å². The lowest BCUT2D eigenvalue weighted by Gasteiger charge is -2.17. The predicted molar refractivity (Wildman–Crippen MR) is 74.7 cm³/mol. The molecule has 19 heavy (non-hydrogen) atoms. The second-order valence-electron chi connectivity index (χ2n) is 4.81. The summed E-state index contributed by atoms with van der Waals surface area (Å²) in [5.41, 5.74) is 1.05. The topological polar surface area (TPSA) is 57.6 Å². The molecule has 0 saturated carbocycles. The van der Waals surface area contributed by atoms with Crippen molar-refractivity contribution in [3.63, 3.8) is 0 Å². The highest BCUT2D eigenvalue weighted by Crippen LogP contribution is 2.33. The normalized spacial score (nSPS) is 17.9. The van der Waals surface area contributed by atoms with E-state index < -0.39 is 5.97 Å². The fraction of sp³-hybridized carbons (Fsp3) is 0.571. The van der Waals surface area contributed by atoms with E-state index in [1.165, 1.54) is 16.2 Å². The molecule has 1 aliphatic carbocycles. The van der Waals surface area contributed by atoms with Gasteiger partial charge in [0.25, 0.3) is 5.91 Å². The summed E-state index contributed by atoms with van der Waals surface area (Å²) >= 11 is 1.53. The lowest BCUT2D eigenvalue weighted by molar-refractivity contribution is -0.142. The SMILES string of the molecule is CCN(CC)C(=O)c1cc2c(s1)CCC(C(=O)O)C2. The molecule has 0 radical (unpaired) electrons. The van der Waals surface area contributed by atoms with Crippen LogP contribution in [0.4, 0.5) is 0 Å². The molecule has 1 N–H and O–H groups in total. The number of carboxylic acids is 1. The van der Waals surface area contributed by atoms with Crippen LogP contribution in [0.3, 0.4) is 0 Å². The number of hydrogen-bond donors (Lipinski definition) is 1. The first-order valence-electron chi connectivity index (χ1n) is 6.70. The first-order chi connectivity index (χ1) is 9.06. The first kappa shape index (κ1) is 14.1. The van der Waals surface area contributed by atoms with Gasteiger partial charge >= 0.3 is 5.97 Å². The van der Waals surface area contributed by atoms with Gasteiger partial charge in [-0.25, -0.2) is 0 Å². The lowest BCUT2D eigenvalue weighted by atomic mass is 9.88. The number of carbonyl (C=O) groups is 2. The molecular weight excluding hydrogens is 262 g/mol. The van der Waals surface area contributed by atoms with Gasteiger partial charge in [0.2, 0.25) is 0 Å². The van der Waals surface area contributed by atoms with Gasteiger partial charge in [0.1, 0.15) is 0 Å².